The van der Waals surface area contributed by atoms with Crippen LogP contribution in [0.15, 0.2) is 48.6 Å². The zero-order valence-electron chi connectivity index (χ0n) is 20.4. The Morgan fingerprint density at radius 3 is 2.25 bits per heavy atom. The number of rotatable bonds is 7. The fourth-order valence-electron chi connectivity index (χ4n) is 5.32. The van der Waals surface area contributed by atoms with E-state index in [9.17, 15) is 14.4 Å². The minimum atomic E-state index is -0.866. The number of nitrogens with zero attached hydrogens (tertiary/aromatic N) is 1. The van der Waals surface area contributed by atoms with E-state index in [1.54, 1.807) is 41.3 Å². The Balaban J connectivity index is 1.39. The number of hydrogen-bond acceptors (Lipinski definition) is 7. The summed E-state index contributed by atoms with van der Waals surface area (Å²) in [7, 11) is 4.49. The third-order valence-corrected chi connectivity index (χ3v) is 6.83. The molecule has 2 aromatic carbocycles. The highest BCUT2D eigenvalue weighted by Gasteiger charge is 2.67. The van der Waals surface area contributed by atoms with Gasteiger partial charge in [-0.25, -0.2) is 0 Å². The Morgan fingerprint density at radius 2 is 1.67 bits per heavy atom. The van der Waals surface area contributed by atoms with Crippen LogP contribution < -0.4 is 29.7 Å². The molecule has 0 radical (unpaired) electrons. The number of nitrogens with one attached hydrogen (secondary N) is 2. The fourth-order valence-corrected chi connectivity index (χ4v) is 5.32. The standard InChI is InChI=1S/C26H27N3O7/c1-14(30)27-15-5-7-17(8-6-15)29-13-26-10-9-18(36-26)21(22(26)25(29)32)24(31)28-16-11-19(33-2)23(35-4)20(12-16)34-3/h5-12,18,21-22H,13H2,1-4H3,(H,27,30)(H,28,31)/t18-,21-,22-,26+/m1/s1. The number of methoxy groups -OCH3 is 3. The molecule has 0 unspecified atom stereocenters. The third-order valence-electron chi connectivity index (χ3n) is 6.83. The summed E-state index contributed by atoms with van der Waals surface area (Å²) in [6.45, 7) is 1.73. The van der Waals surface area contributed by atoms with E-state index in [1.807, 2.05) is 12.2 Å². The number of carbonyl (C=O) groups is 3. The molecule has 188 valence electrons. The van der Waals surface area contributed by atoms with Crippen molar-refractivity contribution in [2.45, 2.75) is 18.6 Å². The number of carbonyl (C=O) groups excluding carboxylic acids is 3. The topological polar surface area (TPSA) is 115 Å². The van der Waals surface area contributed by atoms with E-state index in [1.165, 1.54) is 28.3 Å². The lowest BCUT2D eigenvalue weighted by atomic mass is 9.77. The van der Waals surface area contributed by atoms with Gasteiger partial charge in [-0.15, -0.1) is 0 Å². The summed E-state index contributed by atoms with van der Waals surface area (Å²) < 4.78 is 22.3. The van der Waals surface area contributed by atoms with E-state index in [0.717, 1.165) is 0 Å². The van der Waals surface area contributed by atoms with Crippen molar-refractivity contribution in [3.05, 3.63) is 48.6 Å². The second-order valence-corrected chi connectivity index (χ2v) is 8.96. The Bertz CT molecular complexity index is 1230. The molecular formula is C26H27N3O7. The van der Waals surface area contributed by atoms with Gasteiger partial charge in [-0.3, -0.25) is 14.4 Å². The van der Waals surface area contributed by atoms with Crippen molar-refractivity contribution in [1.82, 2.24) is 0 Å². The molecule has 3 aliphatic rings. The van der Waals surface area contributed by atoms with Crippen LogP contribution in [0.25, 0.3) is 0 Å². The number of benzene rings is 2. The molecule has 2 N–H and O–H groups in total. The van der Waals surface area contributed by atoms with Crippen LogP contribution in [0.1, 0.15) is 6.92 Å². The zero-order chi connectivity index (χ0) is 25.6. The molecule has 2 fully saturated rings. The minimum absolute atomic E-state index is 0.176. The van der Waals surface area contributed by atoms with Crippen LogP contribution in [-0.4, -0.2) is 57.3 Å². The van der Waals surface area contributed by atoms with Crippen molar-refractivity contribution < 1.29 is 33.3 Å². The van der Waals surface area contributed by atoms with Crippen LogP contribution in [0, 0.1) is 11.8 Å². The summed E-state index contributed by atoms with van der Waals surface area (Å²) in [6.07, 6.45) is 3.26. The molecule has 1 spiro atoms. The third kappa shape index (κ3) is 3.74. The minimum Gasteiger partial charge on any atom is -0.493 e. The van der Waals surface area contributed by atoms with E-state index in [0.29, 0.717) is 40.9 Å². The average Bonchev–Trinajstić information content (AvgIpc) is 3.51. The van der Waals surface area contributed by atoms with Gasteiger partial charge in [-0.2, -0.15) is 0 Å². The molecule has 5 rings (SSSR count). The first-order chi connectivity index (χ1) is 17.3. The number of anilines is 3. The van der Waals surface area contributed by atoms with Crippen LogP contribution in [-0.2, 0) is 19.1 Å². The Labute approximate surface area is 208 Å². The van der Waals surface area contributed by atoms with Crippen molar-refractivity contribution >= 4 is 34.8 Å². The summed E-state index contributed by atoms with van der Waals surface area (Å²) in [4.78, 5) is 40.0. The van der Waals surface area contributed by atoms with E-state index in [2.05, 4.69) is 10.6 Å². The molecule has 0 aliphatic carbocycles. The van der Waals surface area contributed by atoms with Crippen LogP contribution in [0.4, 0.5) is 17.1 Å². The molecule has 36 heavy (non-hydrogen) atoms. The molecule has 10 heteroatoms. The van der Waals surface area contributed by atoms with Gasteiger partial charge in [-0.05, 0) is 24.3 Å². The molecule has 3 amide bonds. The van der Waals surface area contributed by atoms with Crippen molar-refractivity contribution in [1.29, 1.82) is 0 Å². The van der Waals surface area contributed by atoms with Gasteiger partial charge in [-0.1, -0.05) is 12.2 Å². The van der Waals surface area contributed by atoms with Crippen molar-refractivity contribution in [3.63, 3.8) is 0 Å². The first-order valence-electron chi connectivity index (χ1n) is 11.5. The van der Waals surface area contributed by atoms with E-state index < -0.39 is 23.5 Å². The Hall–Kier alpha value is -4.05. The van der Waals surface area contributed by atoms with Crippen LogP contribution in [0.3, 0.4) is 0 Å². The van der Waals surface area contributed by atoms with Gasteiger partial charge in [0.2, 0.25) is 23.5 Å². The highest BCUT2D eigenvalue weighted by molar-refractivity contribution is 6.05. The van der Waals surface area contributed by atoms with Crippen LogP contribution in [0.5, 0.6) is 17.2 Å². The van der Waals surface area contributed by atoms with Gasteiger partial charge in [0.1, 0.15) is 5.60 Å². The van der Waals surface area contributed by atoms with Crippen molar-refractivity contribution in [3.8, 4) is 17.2 Å². The molecule has 4 atom stereocenters. The van der Waals surface area contributed by atoms with Crippen molar-refractivity contribution in [2.75, 3.05) is 43.4 Å². The van der Waals surface area contributed by atoms with Gasteiger partial charge in [0.25, 0.3) is 0 Å². The first-order valence-corrected chi connectivity index (χ1v) is 11.5. The SMILES string of the molecule is COc1cc(NC(=O)[C@@H]2[C@H]3C=C[C@@]4(CN(c5ccc(NC(C)=O)cc5)C(=O)[C@@H]24)O3)cc(OC)c1OC. The molecule has 2 saturated heterocycles. The second-order valence-electron chi connectivity index (χ2n) is 8.96. The largest absolute Gasteiger partial charge is 0.493 e. The van der Waals surface area contributed by atoms with Crippen LogP contribution >= 0.6 is 0 Å². The molecular weight excluding hydrogens is 466 g/mol. The van der Waals surface area contributed by atoms with Gasteiger partial charge in [0.15, 0.2) is 11.5 Å². The zero-order valence-corrected chi connectivity index (χ0v) is 20.4. The monoisotopic (exact) mass is 493 g/mol. The first kappa shape index (κ1) is 23.7. The lowest BCUT2D eigenvalue weighted by Gasteiger charge is -2.24. The lowest BCUT2D eigenvalue weighted by molar-refractivity contribution is -0.128. The molecule has 2 aromatic rings. The van der Waals surface area contributed by atoms with Gasteiger partial charge >= 0.3 is 0 Å². The fraction of sp³-hybridized carbons (Fsp3) is 0.346. The Morgan fingerprint density at radius 1 is 1.00 bits per heavy atom. The van der Waals surface area contributed by atoms with E-state index in [-0.39, 0.29) is 17.7 Å². The van der Waals surface area contributed by atoms with Gasteiger partial charge in [0, 0.05) is 36.1 Å². The predicted octanol–water partition coefficient (Wildman–Crippen LogP) is 2.60. The normalized spacial score (nSPS) is 25.5. The number of ether oxygens (including phenoxy) is 4. The van der Waals surface area contributed by atoms with E-state index in [4.69, 9.17) is 18.9 Å². The highest BCUT2D eigenvalue weighted by Crippen LogP contribution is 2.53. The summed E-state index contributed by atoms with van der Waals surface area (Å²) in [6, 6.07) is 10.3. The molecule has 2 bridgehead atoms. The summed E-state index contributed by atoms with van der Waals surface area (Å²) >= 11 is 0. The van der Waals surface area contributed by atoms with Gasteiger partial charge in [0.05, 0.1) is 45.8 Å². The number of amides is 3. The summed E-state index contributed by atoms with van der Waals surface area (Å²) in [5.41, 5.74) is 0.888. The molecule has 3 heterocycles. The molecule has 0 aromatic heterocycles. The van der Waals surface area contributed by atoms with Gasteiger partial charge < -0.3 is 34.5 Å². The maximum absolute atomic E-state index is 13.6. The number of hydrogen-bond donors (Lipinski definition) is 2. The number of fused-ring (bicyclic) bond motifs is 1. The predicted molar refractivity (Wildman–Crippen MR) is 132 cm³/mol. The van der Waals surface area contributed by atoms with Crippen molar-refractivity contribution in [2.24, 2.45) is 11.8 Å². The van der Waals surface area contributed by atoms with Crippen LogP contribution in [0.2, 0.25) is 0 Å². The lowest BCUT2D eigenvalue weighted by Crippen LogP contribution is -2.41. The quantitative estimate of drug-likeness (QED) is 0.570. The second kappa shape index (κ2) is 8.87. The highest BCUT2D eigenvalue weighted by atomic mass is 16.5. The maximum Gasteiger partial charge on any atom is 0.234 e. The summed E-state index contributed by atoms with van der Waals surface area (Å²) in [5, 5.41) is 5.61. The molecule has 3 aliphatic heterocycles. The summed E-state index contributed by atoms with van der Waals surface area (Å²) in [5.74, 6) is -0.841. The average molecular weight is 494 g/mol. The molecule has 0 saturated carbocycles. The Kier molecular flexibility index (Phi) is 5.83. The van der Waals surface area contributed by atoms with E-state index >= 15 is 0 Å². The smallest absolute Gasteiger partial charge is 0.234 e. The molecule has 10 nitrogen and oxygen atoms in total. The maximum atomic E-state index is 13.6.